The predicted octanol–water partition coefficient (Wildman–Crippen LogP) is 35.3. The summed E-state index contributed by atoms with van der Waals surface area (Å²) >= 11 is 0. The summed E-state index contributed by atoms with van der Waals surface area (Å²) in [7, 11) is 0. The minimum atomic E-state index is 0.902. The monoisotopic (exact) mass is 1760 g/mol. The fourth-order valence-corrected chi connectivity index (χ4v) is 22.3. The molecule has 0 bridgehead atoms. The van der Waals surface area contributed by atoms with Gasteiger partial charge in [-0.05, 0) is 254 Å². The van der Waals surface area contributed by atoms with Crippen molar-refractivity contribution in [3.8, 4) is 67.5 Å². The first-order valence-corrected chi connectivity index (χ1v) is 47.3. The number of hydrogen-bond donors (Lipinski definition) is 0. The summed E-state index contributed by atoms with van der Waals surface area (Å²) in [6.07, 6.45) is 0. The smallest absolute Gasteiger partial charge is 0.159 e. The summed E-state index contributed by atoms with van der Waals surface area (Å²) in [4.78, 5) is 0. The van der Waals surface area contributed by atoms with Gasteiger partial charge in [-0.1, -0.05) is 265 Å². The van der Waals surface area contributed by atoms with Crippen LogP contribution in [0.25, 0.3) is 264 Å². The van der Waals surface area contributed by atoms with Gasteiger partial charge in [0.2, 0.25) is 0 Å². The number of nitrogens with zero attached hydrogens (tertiary/aromatic N) is 6. The Kier molecular flexibility index (Phi) is 17.6. The van der Waals surface area contributed by atoms with Crippen molar-refractivity contribution in [2.45, 2.75) is 20.8 Å². The van der Waals surface area contributed by atoms with Gasteiger partial charge in [0.05, 0.1) is 71.9 Å². The lowest BCUT2D eigenvalue weighted by atomic mass is 10.0. The number of benzene rings is 21. The largest absolute Gasteiger partial charge is 0.456 e. The Hall–Kier alpha value is -18.2. The topological polar surface area (TPSA) is 69.0 Å². The van der Waals surface area contributed by atoms with E-state index in [1.807, 2.05) is 36.4 Å². The van der Waals surface area contributed by atoms with Gasteiger partial charge in [-0.2, -0.15) is 0 Å². The molecule has 0 atom stereocenters. The van der Waals surface area contributed by atoms with E-state index < -0.39 is 0 Å². The predicted molar refractivity (Wildman–Crippen MR) is 578 cm³/mol. The van der Waals surface area contributed by atoms with Gasteiger partial charge in [-0.25, -0.2) is 0 Å². The highest BCUT2D eigenvalue weighted by atomic mass is 16.3. The molecule has 0 fully saturated rings. The number of furan rings is 3. The summed E-state index contributed by atoms with van der Waals surface area (Å²) in [5.41, 5.74) is 37.7. The molecule has 0 radical (unpaired) electrons. The van der Waals surface area contributed by atoms with Gasteiger partial charge in [0.25, 0.3) is 0 Å². The highest BCUT2D eigenvalue weighted by molar-refractivity contribution is 6.19. The summed E-state index contributed by atoms with van der Waals surface area (Å²) in [6, 6.07) is 164. The van der Waals surface area contributed by atoms with Crippen molar-refractivity contribution < 1.29 is 13.3 Å². The molecule has 9 heterocycles. The Bertz CT molecular complexity index is 10300. The average Bonchev–Trinajstić information content (AvgIpc) is 1.58. The van der Waals surface area contributed by atoms with Crippen molar-refractivity contribution in [1.29, 1.82) is 0 Å². The minimum Gasteiger partial charge on any atom is -0.456 e. The van der Waals surface area contributed by atoms with E-state index in [1.54, 1.807) is 0 Å². The molecule has 0 N–H and O–H groups in total. The third-order valence-corrected chi connectivity index (χ3v) is 28.8. The van der Waals surface area contributed by atoms with Crippen molar-refractivity contribution in [3.05, 3.63) is 472 Å². The standard InChI is InChI=1S/3C43H28N2O/c1-27-17-21-30(22-18-27)44-37-13-5-2-9-31(37)35-25-28(19-23-39(35)44)29-20-24-40-36(26-29)32-10-3-6-14-38(32)45(40)41-15-8-12-34-33-11-4-7-16-42(33)46-43(34)41;1-27-14-18-30(19-15-27)44-38-11-5-2-8-32(38)36-24-28(16-22-40(36)44)29-17-23-41-37(25-29)33-9-3-6-12-39(33)45(41)31-20-21-35-34-10-4-7-13-42(34)46-43(35)26-31;1-27-14-18-30(19-15-27)44-38-11-5-2-8-32(38)35-24-28(16-21-40(35)44)29-17-22-41-36(25-29)33-9-3-6-12-39(33)45(41)31-20-23-43-37(26-31)34-10-4-7-13-42(34)46-43/h3*2-26H,1H3. The highest BCUT2D eigenvalue weighted by Crippen LogP contribution is 2.47. The van der Waals surface area contributed by atoms with Crippen LogP contribution in [-0.2, 0) is 0 Å². The van der Waals surface area contributed by atoms with Crippen LogP contribution in [0.1, 0.15) is 16.7 Å². The number of rotatable bonds is 9. The number of para-hydroxylation sites is 10. The van der Waals surface area contributed by atoms with E-state index in [2.05, 4.69) is 467 Å². The normalized spacial score (nSPS) is 12.0. The first kappa shape index (κ1) is 78.5. The lowest BCUT2D eigenvalue weighted by Gasteiger charge is -2.10. The van der Waals surface area contributed by atoms with Gasteiger partial charge in [0, 0.05) is 131 Å². The van der Waals surface area contributed by atoms with E-state index >= 15 is 0 Å². The van der Waals surface area contributed by atoms with Crippen molar-refractivity contribution in [1.82, 2.24) is 27.4 Å². The molecule has 9 aromatic heterocycles. The molecule has 0 amide bonds. The molecule has 9 nitrogen and oxygen atoms in total. The van der Waals surface area contributed by atoms with Crippen LogP contribution in [0.15, 0.2) is 468 Å². The maximum Gasteiger partial charge on any atom is 0.159 e. The van der Waals surface area contributed by atoms with E-state index in [4.69, 9.17) is 13.3 Å². The lowest BCUT2D eigenvalue weighted by molar-refractivity contribution is 0.666. The van der Waals surface area contributed by atoms with E-state index in [0.29, 0.717) is 0 Å². The van der Waals surface area contributed by atoms with E-state index in [0.717, 1.165) is 88.4 Å². The molecule has 0 unspecified atom stereocenters. The van der Waals surface area contributed by atoms with Gasteiger partial charge in [-0.15, -0.1) is 0 Å². The quantitative estimate of drug-likeness (QED) is 0.145. The molecular weight excluding hydrogens is 1680 g/mol. The van der Waals surface area contributed by atoms with Crippen LogP contribution in [0.2, 0.25) is 0 Å². The van der Waals surface area contributed by atoms with Crippen molar-refractivity contribution in [3.63, 3.8) is 0 Å². The Morgan fingerprint density at radius 2 is 0.377 bits per heavy atom. The third-order valence-electron chi connectivity index (χ3n) is 28.8. The summed E-state index contributed by atoms with van der Waals surface area (Å²) < 4.78 is 33.2. The van der Waals surface area contributed by atoms with Gasteiger partial charge in [0.1, 0.15) is 27.9 Å². The average molecular weight is 1770 g/mol. The maximum absolute atomic E-state index is 6.49. The van der Waals surface area contributed by atoms with Crippen LogP contribution in [0.3, 0.4) is 0 Å². The Morgan fingerprint density at radius 1 is 0.138 bits per heavy atom. The van der Waals surface area contributed by atoms with Crippen LogP contribution in [0, 0.1) is 20.8 Å². The molecule has 0 saturated carbocycles. The first-order chi connectivity index (χ1) is 68.1. The molecule has 30 rings (SSSR count). The third kappa shape index (κ3) is 12.4. The van der Waals surface area contributed by atoms with Crippen molar-refractivity contribution in [2.75, 3.05) is 0 Å². The zero-order valence-electron chi connectivity index (χ0n) is 75.7. The molecule has 21 aromatic carbocycles. The summed E-state index contributed by atoms with van der Waals surface area (Å²) in [5, 5.41) is 21.8. The zero-order chi connectivity index (χ0) is 91.1. The van der Waals surface area contributed by atoms with Crippen LogP contribution in [0.4, 0.5) is 0 Å². The number of hydrogen-bond acceptors (Lipinski definition) is 3. The van der Waals surface area contributed by atoms with Crippen LogP contribution in [-0.4, -0.2) is 27.4 Å². The second-order valence-electron chi connectivity index (χ2n) is 36.8. The lowest BCUT2D eigenvalue weighted by Crippen LogP contribution is -1.94. The molecular formula is C129H84N6O3. The molecule has 0 aliphatic carbocycles. The highest BCUT2D eigenvalue weighted by Gasteiger charge is 2.25. The number of aromatic nitrogens is 6. The number of fused-ring (bicyclic) bond motifs is 27. The van der Waals surface area contributed by atoms with Gasteiger partial charge in [0.15, 0.2) is 5.58 Å². The molecule has 648 valence electrons. The number of aryl methyl sites for hydroxylation is 3. The van der Waals surface area contributed by atoms with Crippen LogP contribution in [0.5, 0.6) is 0 Å². The first-order valence-electron chi connectivity index (χ1n) is 47.3. The van der Waals surface area contributed by atoms with Gasteiger partial charge < -0.3 is 40.7 Å². The second-order valence-corrected chi connectivity index (χ2v) is 36.8. The van der Waals surface area contributed by atoms with Crippen molar-refractivity contribution in [2.24, 2.45) is 0 Å². The summed E-state index contributed by atoms with van der Waals surface area (Å²) in [5.74, 6) is 0. The molecule has 30 aromatic rings. The Morgan fingerprint density at radius 3 is 0.739 bits per heavy atom. The second kappa shape index (κ2) is 31.0. The minimum absolute atomic E-state index is 0.902. The maximum atomic E-state index is 6.49. The van der Waals surface area contributed by atoms with Gasteiger partial charge >= 0.3 is 0 Å². The molecule has 0 aliphatic heterocycles. The van der Waals surface area contributed by atoms with E-state index in [9.17, 15) is 0 Å². The molecule has 0 aliphatic rings. The Labute approximate surface area is 791 Å². The molecule has 9 heteroatoms. The van der Waals surface area contributed by atoms with E-state index in [1.165, 1.54) is 192 Å². The van der Waals surface area contributed by atoms with Crippen LogP contribution < -0.4 is 0 Å². The molecule has 138 heavy (non-hydrogen) atoms. The Balaban J connectivity index is 0.000000102. The fraction of sp³-hybridized carbons (Fsp3) is 0.0233. The van der Waals surface area contributed by atoms with Crippen LogP contribution >= 0.6 is 0 Å². The zero-order valence-corrected chi connectivity index (χ0v) is 75.7. The van der Waals surface area contributed by atoms with Crippen molar-refractivity contribution >= 4 is 197 Å². The molecule has 0 saturated heterocycles. The van der Waals surface area contributed by atoms with E-state index in [-0.39, 0.29) is 0 Å². The SMILES string of the molecule is Cc1ccc(-n2c3ccccc3c3cc(-c4ccc5c(c4)c4ccccc4n5-c4ccc5c(c4)oc4ccccc45)ccc32)cc1.Cc1ccc(-n2c3ccccc3c3cc(-c4ccc5c(c4)c4ccccc4n5-c4ccc5oc6ccccc6c5c4)ccc32)cc1.Cc1ccc(-n2c3ccccc3c3cc(-c4ccc5c(c4)c4ccccc4n5-c4cccc5c4oc4ccccc45)ccc32)cc1. The fourth-order valence-electron chi connectivity index (χ4n) is 22.3. The molecule has 0 spiro atoms. The van der Waals surface area contributed by atoms with Gasteiger partial charge in [-0.3, -0.25) is 0 Å². The summed E-state index contributed by atoms with van der Waals surface area (Å²) in [6.45, 7) is 6.40.